The third-order valence-corrected chi connectivity index (χ3v) is 7.15. The predicted octanol–water partition coefficient (Wildman–Crippen LogP) is 5.18. The number of hydrogen-bond donors (Lipinski definition) is 2. The first-order valence-electron chi connectivity index (χ1n) is 10.6. The molecule has 3 aromatic rings. The van der Waals surface area contributed by atoms with Gasteiger partial charge in [0, 0.05) is 16.8 Å². The van der Waals surface area contributed by atoms with Crippen LogP contribution in [-0.2, 0) is 14.8 Å². The van der Waals surface area contributed by atoms with E-state index in [0.717, 1.165) is 11.1 Å². The number of amides is 1. The molecule has 35 heavy (non-hydrogen) atoms. The highest BCUT2D eigenvalue weighted by Crippen LogP contribution is 2.31. The molecule has 0 aliphatic carbocycles. The van der Waals surface area contributed by atoms with Crippen molar-refractivity contribution in [1.82, 2.24) is 0 Å². The summed E-state index contributed by atoms with van der Waals surface area (Å²) >= 11 is 6.18. The molecule has 2 N–H and O–H groups in total. The summed E-state index contributed by atoms with van der Waals surface area (Å²) in [5.74, 6) is 0.970. The maximum Gasteiger partial charge on any atom is 0.265 e. The van der Waals surface area contributed by atoms with E-state index in [0.29, 0.717) is 28.0 Å². The number of sulfonamides is 1. The lowest BCUT2D eigenvalue weighted by molar-refractivity contribution is -0.122. The molecule has 0 fully saturated rings. The van der Waals surface area contributed by atoms with Gasteiger partial charge in [0.05, 0.1) is 24.8 Å². The molecular formula is C25H27ClN2O6S. The summed E-state index contributed by atoms with van der Waals surface area (Å²) in [6.45, 7) is 5.35. The number of methoxy groups -OCH3 is 2. The van der Waals surface area contributed by atoms with Crippen LogP contribution in [0.2, 0.25) is 5.02 Å². The third-order valence-electron chi connectivity index (χ3n) is 5.18. The SMILES string of the molecule is COc1ccc(OC)c(NS(=O)(=O)c2ccc(NC(=O)[C@H](C)Oc3cc(C)c(Cl)c(C)c3)cc2)c1. The molecule has 0 aliphatic heterocycles. The van der Waals surface area contributed by atoms with Crippen LogP contribution in [0.5, 0.6) is 17.2 Å². The third kappa shape index (κ3) is 6.37. The summed E-state index contributed by atoms with van der Waals surface area (Å²) in [4.78, 5) is 12.6. The number of benzene rings is 3. The van der Waals surface area contributed by atoms with Gasteiger partial charge in [0.15, 0.2) is 6.10 Å². The molecule has 1 amide bonds. The van der Waals surface area contributed by atoms with Gasteiger partial charge in [-0.15, -0.1) is 0 Å². The van der Waals surface area contributed by atoms with Crippen LogP contribution in [0, 0.1) is 13.8 Å². The number of aryl methyl sites for hydroxylation is 2. The highest BCUT2D eigenvalue weighted by atomic mass is 35.5. The van der Waals surface area contributed by atoms with Crippen molar-refractivity contribution in [2.75, 3.05) is 24.3 Å². The molecule has 0 bridgehead atoms. The van der Waals surface area contributed by atoms with E-state index in [2.05, 4.69) is 10.0 Å². The molecule has 3 rings (SSSR count). The fourth-order valence-corrected chi connectivity index (χ4v) is 4.46. The molecule has 0 heterocycles. The molecule has 0 spiro atoms. The lowest BCUT2D eigenvalue weighted by Crippen LogP contribution is -2.30. The van der Waals surface area contributed by atoms with Crippen molar-refractivity contribution < 1.29 is 27.4 Å². The molecule has 0 saturated heterocycles. The molecular weight excluding hydrogens is 492 g/mol. The fourth-order valence-electron chi connectivity index (χ4n) is 3.29. The molecule has 0 saturated carbocycles. The van der Waals surface area contributed by atoms with Gasteiger partial charge in [-0.25, -0.2) is 8.42 Å². The van der Waals surface area contributed by atoms with Gasteiger partial charge in [-0.05, 0) is 80.4 Å². The number of rotatable bonds is 9. The minimum atomic E-state index is -3.92. The summed E-state index contributed by atoms with van der Waals surface area (Å²) < 4.78 is 44.4. The van der Waals surface area contributed by atoms with Crippen molar-refractivity contribution in [3.8, 4) is 17.2 Å². The number of anilines is 2. The van der Waals surface area contributed by atoms with Crippen LogP contribution >= 0.6 is 11.6 Å². The number of ether oxygens (including phenoxy) is 3. The first kappa shape index (κ1) is 26.2. The Hall–Kier alpha value is -3.43. The minimum absolute atomic E-state index is 0.0109. The molecule has 186 valence electrons. The Kier molecular flexibility index (Phi) is 8.14. The Labute approximate surface area is 210 Å². The lowest BCUT2D eigenvalue weighted by Gasteiger charge is -2.16. The molecule has 1 atom stereocenters. The zero-order valence-electron chi connectivity index (χ0n) is 20.0. The summed E-state index contributed by atoms with van der Waals surface area (Å²) in [5, 5.41) is 3.38. The van der Waals surface area contributed by atoms with E-state index in [1.165, 1.54) is 44.6 Å². The van der Waals surface area contributed by atoms with E-state index in [1.807, 2.05) is 13.8 Å². The van der Waals surface area contributed by atoms with Crippen molar-refractivity contribution in [3.05, 3.63) is 70.7 Å². The standard InChI is InChI=1S/C25H27ClN2O6S/c1-15-12-20(13-16(2)24(15)26)34-17(3)25(29)27-18-6-9-21(10-7-18)35(30,31)28-22-14-19(32-4)8-11-23(22)33-5/h6-14,17,28H,1-5H3,(H,27,29)/t17-/m0/s1. The van der Waals surface area contributed by atoms with E-state index in [-0.39, 0.29) is 16.5 Å². The van der Waals surface area contributed by atoms with E-state index in [1.54, 1.807) is 31.2 Å². The van der Waals surface area contributed by atoms with E-state index in [9.17, 15) is 13.2 Å². The van der Waals surface area contributed by atoms with Crippen LogP contribution in [0.15, 0.2) is 59.5 Å². The van der Waals surface area contributed by atoms with Crippen molar-refractivity contribution in [2.45, 2.75) is 31.8 Å². The van der Waals surface area contributed by atoms with Crippen LogP contribution in [-0.4, -0.2) is 34.6 Å². The number of hydrogen-bond acceptors (Lipinski definition) is 6. The molecule has 0 radical (unpaired) electrons. The Balaban J connectivity index is 1.69. The van der Waals surface area contributed by atoms with Gasteiger partial charge in [-0.2, -0.15) is 0 Å². The zero-order chi connectivity index (χ0) is 25.8. The maximum atomic E-state index is 12.9. The molecule has 0 aliphatic rings. The average Bonchev–Trinajstić information content (AvgIpc) is 2.82. The normalized spacial score (nSPS) is 11.9. The van der Waals surface area contributed by atoms with Crippen LogP contribution in [0.25, 0.3) is 0 Å². The fraction of sp³-hybridized carbons (Fsp3) is 0.240. The van der Waals surface area contributed by atoms with Gasteiger partial charge < -0.3 is 19.5 Å². The van der Waals surface area contributed by atoms with Gasteiger partial charge in [0.2, 0.25) is 0 Å². The zero-order valence-corrected chi connectivity index (χ0v) is 21.6. The van der Waals surface area contributed by atoms with Crippen molar-refractivity contribution in [3.63, 3.8) is 0 Å². The first-order chi connectivity index (χ1) is 16.5. The Morgan fingerprint density at radius 3 is 2.11 bits per heavy atom. The van der Waals surface area contributed by atoms with Crippen molar-refractivity contribution in [2.24, 2.45) is 0 Å². The van der Waals surface area contributed by atoms with Gasteiger partial charge in [-0.3, -0.25) is 9.52 Å². The monoisotopic (exact) mass is 518 g/mol. The average molecular weight is 519 g/mol. The second-order valence-corrected chi connectivity index (χ2v) is 9.88. The smallest absolute Gasteiger partial charge is 0.265 e. The van der Waals surface area contributed by atoms with Gasteiger partial charge in [-0.1, -0.05) is 11.6 Å². The molecule has 0 unspecified atom stereocenters. The van der Waals surface area contributed by atoms with E-state index < -0.39 is 16.1 Å². The molecule has 0 aromatic heterocycles. The highest BCUT2D eigenvalue weighted by molar-refractivity contribution is 7.92. The summed E-state index contributed by atoms with van der Waals surface area (Å²) in [6.07, 6.45) is -0.791. The topological polar surface area (TPSA) is 103 Å². The van der Waals surface area contributed by atoms with Crippen LogP contribution < -0.4 is 24.2 Å². The Bertz CT molecular complexity index is 1300. The molecule has 10 heteroatoms. The lowest BCUT2D eigenvalue weighted by atomic mass is 10.1. The summed E-state index contributed by atoms with van der Waals surface area (Å²) in [6, 6.07) is 14.1. The maximum absolute atomic E-state index is 12.9. The Morgan fingerprint density at radius 2 is 1.54 bits per heavy atom. The minimum Gasteiger partial charge on any atom is -0.497 e. The Morgan fingerprint density at radius 1 is 0.914 bits per heavy atom. The van der Waals surface area contributed by atoms with Crippen molar-refractivity contribution in [1.29, 1.82) is 0 Å². The van der Waals surface area contributed by atoms with E-state index >= 15 is 0 Å². The van der Waals surface area contributed by atoms with Crippen LogP contribution in [0.3, 0.4) is 0 Å². The van der Waals surface area contributed by atoms with Gasteiger partial charge >= 0.3 is 0 Å². The van der Waals surface area contributed by atoms with E-state index in [4.69, 9.17) is 25.8 Å². The number of carbonyl (C=O) groups excluding carboxylic acids is 1. The second kappa shape index (κ2) is 10.9. The predicted molar refractivity (Wildman–Crippen MR) is 136 cm³/mol. The number of nitrogens with one attached hydrogen (secondary N) is 2. The van der Waals surface area contributed by atoms with Crippen LogP contribution in [0.1, 0.15) is 18.1 Å². The second-order valence-electron chi connectivity index (χ2n) is 7.82. The van der Waals surface area contributed by atoms with Gasteiger partial charge in [0.1, 0.15) is 17.2 Å². The quantitative estimate of drug-likeness (QED) is 0.404. The van der Waals surface area contributed by atoms with Crippen LogP contribution in [0.4, 0.5) is 11.4 Å². The summed E-state index contributed by atoms with van der Waals surface area (Å²) in [5.41, 5.74) is 2.37. The number of halogens is 1. The number of carbonyl (C=O) groups is 1. The van der Waals surface area contributed by atoms with Gasteiger partial charge in [0.25, 0.3) is 15.9 Å². The highest BCUT2D eigenvalue weighted by Gasteiger charge is 2.19. The summed E-state index contributed by atoms with van der Waals surface area (Å²) in [7, 11) is -0.994. The largest absolute Gasteiger partial charge is 0.497 e. The first-order valence-corrected chi connectivity index (χ1v) is 12.5. The van der Waals surface area contributed by atoms with Crippen molar-refractivity contribution >= 4 is 38.9 Å². The molecule has 3 aromatic carbocycles. The molecule has 8 nitrogen and oxygen atoms in total.